The maximum atomic E-state index is 10.7. The number of carboxylic acids is 1. The molecule has 0 saturated carbocycles. The summed E-state index contributed by atoms with van der Waals surface area (Å²) in [6, 6.07) is 7.58. The minimum Gasteiger partial charge on any atom is -0.480 e. The largest absolute Gasteiger partial charge is 0.480 e. The van der Waals surface area contributed by atoms with Crippen molar-refractivity contribution >= 4 is 29.4 Å². The molecular weight excluding hydrogens is 228 g/mol. The molecule has 2 aromatic rings. The number of aromatic nitrogens is 2. The molecule has 5 heteroatoms. The molecule has 2 rings (SSSR count). The lowest BCUT2D eigenvalue weighted by molar-refractivity contribution is -0.137. The van der Waals surface area contributed by atoms with Gasteiger partial charge in [0.1, 0.15) is 12.4 Å². The molecule has 0 aliphatic rings. The van der Waals surface area contributed by atoms with E-state index in [4.69, 9.17) is 5.11 Å². The Hall–Kier alpha value is -1.55. The number of halogens is 1. The Bertz CT molecular complexity index is 508. The van der Waals surface area contributed by atoms with Gasteiger partial charge in [-0.15, -0.1) is 12.4 Å². The number of carbonyl (C=O) groups is 1. The van der Waals surface area contributed by atoms with Crippen LogP contribution in [0.2, 0.25) is 0 Å². The van der Waals surface area contributed by atoms with Gasteiger partial charge < -0.3 is 9.67 Å². The van der Waals surface area contributed by atoms with Crippen molar-refractivity contribution in [2.24, 2.45) is 0 Å². The number of aliphatic carboxylic acids is 1. The van der Waals surface area contributed by atoms with E-state index in [1.54, 1.807) is 4.57 Å². The molecular formula is C11H13ClN2O2. The van der Waals surface area contributed by atoms with Gasteiger partial charge in [0.2, 0.25) is 0 Å². The molecule has 0 radical (unpaired) electrons. The Morgan fingerprint density at radius 3 is 2.75 bits per heavy atom. The van der Waals surface area contributed by atoms with Gasteiger partial charge in [0.25, 0.3) is 0 Å². The highest BCUT2D eigenvalue weighted by Crippen LogP contribution is 2.16. The van der Waals surface area contributed by atoms with Gasteiger partial charge in [-0.25, -0.2) is 4.98 Å². The highest BCUT2D eigenvalue weighted by Gasteiger charge is 2.10. The van der Waals surface area contributed by atoms with E-state index in [-0.39, 0.29) is 19.0 Å². The lowest BCUT2D eigenvalue weighted by Gasteiger charge is -2.03. The fourth-order valence-electron chi connectivity index (χ4n) is 1.71. The molecule has 0 unspecified atom stereocenters. The van der Waals surface area contributed by atoms with Crippen LogP contribution in [0.25, 0.3) is 11.0 Å². The quantitative estimate of drug-likeness (QED) is 0.894. The van der Waals surface area contributed by atoms with E-state index < -0.39 is 5.97 Å². The second-order valence-corrected chi connectivity index (χ2v) is 3.35. The lowest BCUT2D eigenvalue weighted by Crippen LogP contribution is -2.11. The molecule has 1 heterocycles. The highest BCUT2D eigenvalue weighted by atomic mass is 35.5. The van der Waals surface area contributed by atoms with Crippen LogP contribution in [0.4, 0.5) is 0 Å². The van der Waals surface area contributed by atoms with Crippen molar-refractivity contribution in [2.45, 2.75) is 19.9 Å². The third-order valence-corrected chi connectivity index (χ3v) is 2.34. The first kappa shape index (κ1) is 12.5. The van der Waals surface area contributed by atoms with Gasteiger partial charge in [-0.05, 0) is 12.1 Å². The number of imidazole rings is 1. The van der Waals surface area contributed by atoms with E-state index in [0.29, 0.717) is 0 Å². The summed E-state index contributed by atoms with van der Waals surface area (Å²) in [6.07, 6.45) is 0.738. The zero-order chi connectivity index (χ0) is 10.8. The molecule has 0 aliphatic heterocycles. The first-order chi connectivity index (χ1) is 7.22. The Morgan fingerprint density at radius 2 is 2.12 bits per heavy atom. The van der Waals surface area contributed by atoms with E-state index >= 15 is 0 Å². The topological polar surface area (TPSA) is 55.1 Å². The Morgan fingerprint density at radius 1 is 1.44 bits per heavy atom. The average molecular weight is 241 g/mol. The second-order valence-electron chi connectivity index (χ2n) is 3.35. The molecule has 0 bridgehead atoms. The normalized spacial score (nSPS) is 10.1. The molecule has 4 nitrogen and oxygen atoms in total. The zero-order valence-electron chi connectivity index (χ0n) is 8.88. The van der Waals surface area contributed by atoms with Crippen LogP contribution in [0.5, 0.6) is 0 Å². The minimum absolute atomic E-state index is 0. The van der Waals surface area contributed by atoms with Crippen molar-refractivity contribution in [2.75, 3.05) is 0 Å². The number of benzene rings is 1. The minimum atomic E-state index is -0.840. The first-order valence-electron chi connectivity index (χ1n) is 4.88. The molecule has 0 saturated heterocycles. The summed E-state index contributed by atoms with van der Waals surface area (Å²) in [5.41, 5.74) is 1.74. The molecule has 0 spiro atoms. The predicted octanol–water partition coefficient (Wildman–Crippen LogP) is 2.11. The standard InChI is InChI=1S/C11H12N2O2.ClH/c1-2-10-12-8-5-3-4-6-9(8)13(10)7-11(14)15;/h3-6H,2,7H2,1H3,(H,14,15);1H. The van der Waals surface area contributed by atoms with E-state index in [1.165, 1.54) is 0 Å². The van der Waals surface area contributed by atoms with E-state index in [1.807, 2.05) is 31.2 Å². The van der Waals surface area contributed by atoms with Crippen molar-refractivity contribution < 1.29 is 9.90 Å². The summed E-state index contributed by atoms with van der Waals surface area (Å²) in [5.74, 6) is -0.0218. The maximum absolute atomic E-state index is 10.7. The fraction of sp³-hybridized carbons (Fsp3) is 0.273. The van der Waals surface area contributed by atoms with Crippen LogP contribution in [0.3, 0.4) is 0 Å². The number of hydrogen-bond donors (Lipinski definition) is 1. The first-order valence-corrected chi connectivity index (χ1v) is 4.88. The van der Waals surface area contributed by atoms with Crippen molar-refractivity contribution in [1.82, 2.24) is 9.55 Å². The monoisotopic (exact) mass is 240 g/mol. The van der Waals surface area contributed by atoms with Gasteiger partial charge in [0.15, 0.2) is 0 Å². The summed E-state index contributed by atoms with van der Waals surface area (Å²) in [6.45, 7) is 1.95. The third-order valence-electron chi connectivity index (χ3n) is 2.34. The van der Waals surface area contributed by atoms with E-state index in [2.05, 4.69) is 4.98 Å². The highest BCUT2D eigenvalue weighted by molar-refractivity contribution is 5.85. The zero-order valence-corrected chi connectivity index (χ0v) is 9.70. The van der Waals surface area contributed by atoms with Gasteiger partial charge >= 0.3 is 5.97 Å². The SMILES string of the molecule is CCc1nc2ccccc2n1CC(=O)O.Cl. The smallest absolute Gasteiger partial charge is 0.323 e. The molecule has 0 atom stereocenters. The fourth-order valence-corrected chi connectivity index (χ4v) is 1.71. The summed E-state index contributed by atoms with van der Waals surface area (Å²) >= 11 is 0. The number of aryl methyl sites for hydroxylation is 1. The van der Waals surface area contributed by atoms with Crippen molar-refractivity contribution in [1.29, 1.82) is 0 Å². The molecule has 1 aromatic carbocycles. The maximum Gasteiger partial charge on any atom is 0.323 e. The number of hydrogen-bond acceptors (Lipinski definition) is 2. The van der Waals surface area contributed by atoms with Crippen LogP contribution >= 0.6 is 12.4 Å². The molecule has 0 aliphatic carbocycles. The Balaban J connectivity index is 0.00000128. The predicted molar refractivity (Wildman–Crippen MR) is 64.0 cm³/mol. The molecule has 0 amide bonds. The number of para-hydroxylation sites is 2. The van der Waals surface area contributed by atoms with Gasteiger partial charge in [-0.2, -0.15) is 0 Å². The summed E-state index contributed by atoms with van der Waals surface area (Å²) in [4.78, 5) is 15.1. The van der Waals surface area contributed by atoms with Crippen LogP contribution in [0.15, 0.2) is 24.3 Å². The van der Waals surface area contributed by atoms with Crippen molar-refractivity contribution in [3.63, 3.8) is 0 Å². The van der Waals surface area contributed by atoms with Crippen LogP contribution in [-0.4, -0.2) is 20.6 Å². The molecule has 16 heavy (non-hydrogen) atoms. The number of carboxylic acid groups (broad SMARTS) is 1. The molecule has 0 fully saturated rings. The summed E-state index contributed by atoms with van der Waals surface area (Å²) in [7, 11) is 0. The van der Waals surface area contributed by atoms with Gasteiger partial charge in [0.05, 0.1) is 11.0 Å². The van der Waals surface area contributed by atoms with Crippen LogP contribution in [-0.2, 0) is 17.8 Å². The van der Waals surface area contributed by atoms with Gasteiger partial charge in [-0.3, -0.25) is 4.79 Å². The van der Waals surface area contributed by atoms with E-state index in [0.717, 1.165) is 23.3 Å². The van der Waals surface area contributed by atoms with Gasteiger partial charge in [-0.1, -0.05) is 19.1 Å². The van der Waals surface area contributed by atoms with Crippen LogP contribution < -0.4 is 0 Å². The molecule has 1 N–H and O–H groups in total. The number of rotatable bonds is 3. The van der Waals surface area contributed by atoms with Crippen molar-refractivity contribution in [3.05, 3.63) is 30.1 Å². The molecule has 1 aromatic heterocycles. The third kappa shape index (κ3) is 2.17. The van der Waals surface area contributed by atoms with Gasteiger partial charge in [0, 0.05) is 6.42 Å². The number of nitrogens with zero attached hydrogens (tertiary/aromatic N) is 2. The van der Waals surface area contributed by atoms with Crippen LogP contribution in [0.1, 0.15) is 12.7 Å². The number of fused-ring (bicyclic) bond motifs is 1. The second kappa shape index (κ2) is 4.99. The Labute approximate surface area is 99.3 Å². The van der Waals surface area contributed by atoms with Crippen molar-refractivity contribution in [3.8, 4) is 0 Å². The summed E-state index contributed by atoms with van der Waals surface area (Å²) < 4.78 is 1.75. The lowest BCUT2D eigenvalue weighted by atomic mass is 10.3. The molecule has 86 valence electrons. The average Bonchev–Trinajstić information content (AvgIpc) is 2.56. The summed E-state index contributed by atoms with van der Waals surface area (Å²) in [5, 5.41) is 8.82. The Kier molecular flexibility index (Phi) is 3.90. The van der Waals surface area contributed by atoms with Crippen LogP contribution in [0, 0.1) is 0 Å². The van der Waals surface area contributed by atoms with E-state index in [9.17, 15) is 4.79 Å².